The van der Waals surface area contributed by atoms with E-state index in [4.69, 9.17) is 9.84 Å². The van der Waals surface area contributed by atoms with Gasteiger partial charge in [0.05, 0.1) is 26.4 Å². The topological polar surface area (TPSA) is 35.9 Å². The molecular weight excluding hydrogens is 237 g/mol. The maximum atomic E-state index is 12.1. The van der Waals surface area contributed by atoms with E-state index in [9.17, 15) is 13.2 Å². The van der Waals surface area contributed by atoms with E-state index in [1.807, 2.05) is 0 Å². The first kappa shape index (κ1) is 14.7. The van der Waals surface area contributed by atoms with Gasteiger partial charge in [0, 0.05) is 32.7 Å². The molecule has 1 aliphatic rings. The minimum absolute atomic E-state index is 0.000635. The van der Waals surface area contributed by atoms with E-state index in [-0.39, 0.29) is 6.61 Å². The van der Waals surface area contributed by atoms with Crippen LogP contribution < -0.4 is 0 Å². The van der Waals surface area contributed by atoms with Gasteiger partial charge in [-0.1, -0.05) is 0 Å². The number of hydrogen-bond acceptors (Lipinski definition) is 4. The lowest BCUT2D eigenvalue weighted by molar-refractivity contribution is -0.149. The molecule has 0 radical (unpaired) electrons. The molecule has 0 spiro atoms. The Morgan fingerprint density at radius 3 is 2.12 bits per heavy atom. The lowest BCUT2D eigenvalue weighted by Crippen LogP contribution is -2.49. The molecule has 0 unspecified atom stereocenters. The van der Waals surface area contributed by atoms with Gasteiger partial charge >= 0.3 is 6.18 Å². The molecule has 0 saturated carbocycles. The molecule has 1 fully saturated rings. The quantitative estimate of drug-likeness (QED) is 0.688. The Hall–Kier alpha value is -0.370. The summed E-state index contributed by atoms with van der Waals surface area (Å²) in [5.74, 6) is 0. The highest BCUT2D eigenvalue weighted by molar-refractivity contribution is 4.73. The zero-order valence-electron chi connectivity index (χ0n) is 9.75. The minimum atomic E-state index is -4.10. The van der Waals surface area contributed by atoms with Crippen LogP contribution in [-0.2, 0) is 4.74 Å². The van der Waals surface area contributed by atoms with Crippen LogP contribution in [0.4, 0.5) is 13.2 Å². The van der Waals surface area contributed by atoms with Crippen LogP contribution in [0.3, 0.4) is 0 Å². The summed E-state index contributed by atoms with van der Waals surface area (Å²) in [7, 11) is 0. The van der Waals surface area contributed by atoms with Gasteiger partial charge in [-0.15, -0.1) is 0 Å². The summed E-state index contributed by atoms with van der Waals surface area (Å²) in [5, 5.41) is 8.49. The van der Waals surface area contributed by atoms with Crippen LogP contribution >= 0.6 is 0 Å². The summed E-state index contributed by atoms with van der Waals surface area (Å²) in [6.07, 6.45) is -4.10. The largest absolute Gasteiger partial charge is 0.401 e. The lowest BCUT2D eigenvalue weighted by atomic mass is 10.3. The zero-order chi connectivity index (χ0) is 12.7. The first-order valence-corrected chi connectivity index (χ1v) is 5.71. The number of hydrogen-bond donors (Lipinski definition) is 1. The summed E-state index contributed by atoms with van der Waals surface area (Å²) in [6.45, 7) is 2.88. The van der Waals surface area contributed by atoms with Gasteiger partial charge < -0.3 is 9.84 Å². The molecule has 1 heterocycles. The number of rotatable bonds is 6. The van der Waals surface area contributed by atoms with E-state index in [0.717, 1.165) is 0 Å². The molecule has 0 atom stereocenters. The van der Waals surface area contributed by atoms with Gasteiger partial charge in [-0.3, -0.25) is 9.80 Å². The monoisotopic (exact) mass is 256 g/mol. The normalized spacial score (nSPS) is 19.8. The molecule has 7 heteroatoms. The number of aliphatic hydroxyl groups excluding tert-OH is 1. The van der Waals surface area contributed by atoms with Crippen LogP contribution in [0.1, 0.15) is 0 Å². The highest BCUT2D eigenvalue weighted by Gasteiger charge is 2.31. The second-order valence-electron chi connectivity index (χ2n) is 4.07. The molecule has 0 amide bonds. The number of nitrogens with zero attached hydrogens (tertiary/aromatic N) is 2. The van der Waals surface area contributed by atoms with Crippen LogP contribution in [0.5, 0.6) is 0 Å². The molecule has 102 valence electrons. The van der Waals surface area contributed by atoms with E-state index in [1.165, 1.54) is 4.90 Å². The number of halogens is 3. The van der Waals surface area contributed by atoms with E-state index in [0.29, 0.717) is 45.9 Å². The Balaban J connectivity index is 2.09. The fraction of sp³-hybridized carbons (Fsp3) is 1.00. The number of ether oxygens (including phenoxy) is 1. The highest BCUT2D eigenvalue weighted by Crippen LogP contribution is 2.17. The third kappa shape index (κ3) is 6.82. The van der Waals surface area contributed by atoms with Crippen molar-refractivity contribution in [2.24, 2.45) is 0 Å². The SMILES string of the molecule is OCCOCCN1CCN(CC(F)(F)F)CC1. The maximum absolute atomic E-state index is 12.1. The van der Waals surface area contributed by atoms with Crippen molar-refractivity contribution >= 4 is 0 Å². The summed E-state index contributed by atoms with van der Waals surface area (Å²) >= 11 is 0. The lowest BCUT2D eigenvalue weighted by Gasteiger charge is -2.34. The Morgan fingerprint density at radius 1 is 1.00 bits per heavy atom. The van der Waals surface area contributed by atoms with Crippen LogP contribution in [0.2, 0.25) is 0 Å². The molecule has 1 N–H and O–H groups in total. The highest BCUT2D eigenvalue weighted by atomic mass is 19.4. The molecule has 1 aliphatic heterocycles. The molecule has 17 heavy (non-hydrogen) atoms. The van der Waals surface area contributed by atoms with E-state index >= 15 is 0 Å². The van der Waals surface area contributed by atoms with Crippen molar-refractivity contribution in [1.82, 2.24) is 9.80 Å². The molecule has 1 saturated heterocycles. The average molecular weight is 256 g/mol. The first-order valence-electron chi connectivity index (χ1n) is 5.71. The third-order valence-corrected chi connectivity index (χ3v) is 2.66. The van der Waals surface area contributed by atoms with Crippen LogP contribution in [-0.4, -0.2) is 80.2 Å². The van der Waals surface area contributed by atoms with Crippen molar-refractivity contribution in [2.45, 2.75) is 6.18 Å². The smallest absolute Gasteiger partial charge is 0.394 e. The Kier molecular flexibility index (Phi) is 6.18. The fourth-order valence-corrected chi connectivity index (χ4v) is 1.78. The van der Waals surface area contributed by atoms with Crippen molar-refractivity contribution in [3.05, 3.63) is 0 Å². The summed E-state index contributed by atoms with van der Waals surface area (Å²) < 4.78 is 41.5. The van der Waals surface area contributed by atoms with Crippen LogP contribution in [0, 0.1) is 0 Å². The zero-order valence-corrected chi connectivity index (χ0v) is 9.75. The summed E-state index contributed by atoms with van der Waals surface area (Å²) in [4.78, 5) is 3.50. The molecule has 0 aromatic rings. The maximum Gasteiger partial charge on any atom is 0.401 e. The number of alkyl halides is 3. The van der Waals surface area contributed by atoms with Crippen LogP contribution in [0.15, 0.2) is 0 Å². The van der Waals surface area contributed by atoms with E-state index in [1.54, 1.807) is 0 Å². The molecule has 0 aromatic heterocycles. The standard InChI is InChI=1S/C10H19F3N2O2/c11-10(12,13)9-15-3-1-14(2-4-15)5-7-17-8-6-16/h16H,1-9H2. The van der Waals surface area contributed by atoms with Gasteiger partial charge in [0.15, 0.2) is 0 Å². The van der Waals surface area contributed by atoms with Gasteiger partial charge in [0.2, 0.25) is 0 Å². The summed E-state index contributed by atoms with van der Waals surface area (Å²) in [5.41, 5.74) is 0. The van der Waals surface area contributed by atoms with Gasteiger partial charge in [-0.2, -0.15) is 13.2 Å². The number of piperazine rings is 1. The Bertz CT molecular complexity index is 206. The first-order chi connectivity index (χ1) is 8.01. The summed E-state index contributed by atoms with van der Waals surface area (Å²) in [6, 6.07) is 0. The molecule has 4 nitrogen and oxygen atoms in total. The van der Waals surface area contributed by atoms with Crippen molar-refractivity contribution in [3.8, 4) is 0 Å². The van der Waals surface area contributed by atoms with Gasteiger partial charge in [0.25, 0.3) is 0 Å². The van der Waals surface area contributed by atoms with Crippen molar-refractivity contribution in [3.63, 3.8) is 0 Å². The molecule has 1 rings (SSSR count). The second-order valence-corrected chi connectivity index (χ2v) is 4.07. The molecule has 0 bridgehead atoms. The minimum Gasteiger partial charge on any atom is -0.394 e. The number of aliphatic hydroxyl groups is 1. The molecule has 0 aromatic carbocycles. The van der Waals surface area contributed by atoms with Gasteiger partial charge in [-0.05, 0) is 0 Å². The van der Waals surface area contributed by atoms with E-state index in [2.05, 4.69) is 4.90 Å². The Labute approximate surface area is 98.9 Å². The second kappa shape index (κ2) is 7.15. The molecular formula is C10H19F3N2O2. The van der Waals surface area contributed by atoms with Gasteiger partial charge in [0.1, 0.15) is 0 Å². The fourth-order valence-electron chi connectivity index (χ4n) is 1.78. The predicted octanol–water partition coefficient (Wildman–Crippen LogP) is 0.175. The molecule has 0 aliphatic carbocycles. The Morgan fingerprint density at radius 2 is 1.59 bits per heavy atom. The van der Waals surface area contributed by atoms with E-state index < -0.39 is 12.7 Å². The third-order valence-electron chi connectivity index (χ3n) is 2.66. The average Bonchev–Trinajstić information content (AvgIpc) is 2.25. The van der Waals surface area contributed by atoms with Crippen molar-refractivity contribution in [1.29, 1.82) is 0 Å². The van der Waals surface area contributed by atoms with Crippen molar-refractivity contribution < 1.29 is 23.0 Å². The predicted molar refractivity (Wildman–Crippen MR) is 56.8 cm³/mol. The van der Waals surface area contributed by atoms with Gasteiger partial charge in [-0.25, -0.2) is 0 Å². The van der Waals surface area contributed by atoms with Crippen molar-refractivity contribution in [2.75, 3.05) is 59.1 Å². The van der Waals surface area contributed by atoms with Crippen LogP contribution in [0.25, 0.3) is 0 Å².